The zero-order valence-corrected chi connectivity index (χ0v) is 10.6. The zero-order valence-electron chi connectivity index (χ0n) is 10.6. The van der Waals surface area contributed by atoms with Gasteiger partial charge < -0.3 is 9.47 Å². The van der Waals surface area contributed by atoms with Gasteiger partial charge in [0.1, 0.15) is 6.61 Å². The molecule has 4 aliphatic rings. The van der Waals surface area contributed by atoms with Crippen LogP contribution in [0, 0.1) is 23.7 Å². The van der Waals surface area contributed by atoms with E-state index in [1.165, 1.54) is 32.1 Å². The Morgan fingerprint density at radius 3 is 2.18 bits per heavy atom. The van der Waals surface area contributed by atoms with Gasteiger partial charge >= 0.3 is 5.97 Å². The Morgan fingerprint density at radius 1 is 1.06 bits per heavy atom. The summed E-state index contributed by atoms with van der Waals surface area (Å²) in [5.74, 6) is 3.16. The van der Waals surface area contributed by atoms with Gasteiger partial charge in [0.25, 0.3) is 0 Å². The van der Waals surface area contributed by atoms with Gasteiger partial charge in [-0.15, -0.1) is 0 Å². The van der Waals surface area contributed by atoms with E-state index in [1.54, 1.807) is 0 Å². The van der Waals surface area contributed by atoms with E-state index in [2.05, 4.69) is 0 Å². The lowest BCUT2D eigenvalue weighted by atomic mass is 9.55. The highest BCUT2D eigenvalue weighted by atomic mass is 16.6. The molecule has 0 unspecified atom stereocenters. The number of hydrogen-bond acceptors (Lipinski definition) is 3. The number of carbonyl (C=O) groups is 1. The Balaban J connectivity index is 1.55. The van der Waals surface area contributed by atoms with Gasteiger partial charge in [-0.2, -0.15) is 0 Å². The molecule has 0 atom stereocenters. The summed E-state index contributed by atoms with van der Waals surface area (Å²) in [4.78, 5) is 11.3. The van der Waals surface area contributed by atoms with Crippen molar-refractivity contribution in [2.24, 2.45) is 23.7 Å². The molecular weight excluding hydrogens is 216 g/mol. The lowest BCUT2D eigenvalue weighted by Crippen LogP contribution is -2.49. The van der Waals surface area contributed by atoms with Gasteiger partial charge in [0.15, 0.2) is 0 Å². The third kappa shape index (κ3) is 2.22. The first kappa shape index (κ1) is 11.5. The topological polar surface area (TPSA) is 35.5 Å². The van der Waals surface area contributed by atoms with Gasteiger partial charge in [-0.05, 0) is 62.7 Å². The van der Waals surface area contributed by atoms with Gasteiger partial charge in [-0.25, -0.2) is 4.79 Å². The molecule has 4 bridgehead atoms. The fraction of sp³-hybridized carbons (Fsp3) is 0.929. The highest BCUT2D eigenvalue weighted by molar-refractivity contribution is 5.70. The van der Waals surface area contributed by atoms with Crippen LogP contribution < -0.4 is 0 Å². The van der Waals surface area contributed by atoms with Crippen LogP contribution in [0.25, 0.3) is 0 Å². The standard InChI is InChI=1S/C14H22O3/c1-2-16-13(15)8-17-14-11-4-9-3-10(6-11)7-12(14)5-9/h9-12,14H,2-8H2,1H3. The zero-order chi connectivity index (χ0) is 11.8. The normalized spacial score (nSPS) is 42.8. The van der Waals surface area contributed by atoms with Crippen molar-refractivity contribution in [3.05, 3.63) is 0 Å². The van der Waals surface area contributed by atoms with E-state index < -0.39 is 0 Å². The van der Waals surface area contributed by atoms with Gasteiger partial charge in [-0.3, -0.25) is 0 Å². The van der Waals surface area contributed by atoms with Crippen LogP contribution in [0.2, 0.25) is 0 Å². The van der Waals surface area contributed by atoms with Crippen LogP contribution in [-0.4, -0.2) is 25.3 Å². The largest absolute Gasteiger partial charge is 0.464 e. The average molecular weight is 238 g/mol. The quantitative estimate of drug-likeness (QED) is 0.705. The van der Waals surface area contributed by atoms with Crippen molar-refractivity contribution < 1.29 is 14.3 Å². The minimum absolute atomic E-state index is 0.154. The smallest absolute Gasteiger partial charge is 0.332 e. The van der Waals surface area contributed by atoms with Crippen LogP contribution in [-0.2, 0) is 14.3 Å². The Kier molecular flexibility index (Phi) is 3.12. The summed E-state index contributed by atoms with van der Waals surface area (Å²) in [6.45, 7) is 2.44. The molecule has 0 aromatic heterocycles. The first-order chi connectivity index (χ1) is 8.26. The van der Waals surface area contributed by atoms with Gasteiger partial charge in [-0.1, -0.05) is 0 Å². The molecule has 96 valence electrons. The molecule has 0 spiro atoms. The predicted octanol–water partition coefficient (Wildman–Crippen LogP) is 2.39. The Hall–Kier alpha value is -0.570. The fourth-order valence-corrected chi connectivity index (χ4v) is 4.51. The van der Waals surface area contributed by atoms with Crippen molar-refractivity contribution in [1.82, 2.24) is 0 Å². The summed E-state index contributed by atoms with van der Waals surface area (Å²) in [5.41, 5.74) is 0. The number of hydrogen-bond donors (Lipinski definition) is 0. The third-order valence-electron chi connectivity index (χ3n) is 4.84. The highest BCUT2D eigenvalue weighted by Gasteiger charge is 2.48. The van der Waals surface area contributed by atoms with Gasteiger partial charge in [0.2, 0.25) is 0 Å². The van der Waals surface area contributed by atoms with Crippen molar-refractivity contribution in [3.63, 3.8) is 0 Å². The molecule has 0 radical (unpaired) electrons. The molecule has 0 aromatic carbocycles. The summed E-state index contributed by atoms with van der Waals surface area (Å²) in [6.07, 6.45) is 7.13. The van der Waals surface area contributed by atoms with Crippen molar-refractivity contribution >= 4 is 5.97 Å². The maximum absolute atomic E-state index is 11.3. The molecule has 4 aliphatic carbocycles. The molecule has 0 aromatic rings. The molecule has 0 aliphatic heterocycles. The summed E-state index contributed by atoms with van der Waals surface area (Å²) in [5, 5.41) is 0. The van der Waals surface area contributed by atoms with E-state index in [0.29, 0.717) is 12.7 Å². The second-order valence-corrected chi connectivity index (χ2v) is 6.01. The summed E-state index contributed by atoms with van der Waals surface area (Å²) in [6, 6.07) is 0. The lowest BCUT2D eigenvalue weighted by molar-refractivity contribution is -0.164. The van der Waals surface area contributed by atoms with Crippen molar-refractivity contribution in [3.8, 4) is 0 Å². The first-order valence-corrected chi connectivity index (χ1v) is 7.03. The fourth-order valence-electron chi connectivity index (χ4n) is 4.51. The molecule has 3 nitrogen and oxygen atoms in total. The van der Waals surface area contributed by atoms with E-state index in [0.717, 1.165) is 23.7 Å². The number of rotatable bonds is 4. The van der Waals surface area contributed by atoms with Crippen LogP contribution >= 0.6 is 0 Å². The molecule has 4 rings (SSSR count). The van der Waals surface area contributed by atoms with Crippen LogP contribution in [0.15, 0.2) is 0 Å². The van der Waals surface area contributed by atoms with Crippen molar-refractivity contribution in [2.75, 3.05) is 13.2 Å². The molecule has 4 fully saturated rings. The SMILES string of the molecule is CCOC(=O)COC1C2CC3CC(C2)CC1C3. The second kappa shape index (κ2) is 4.60. The Bertz CT molecular complexity index is 272. The number of carbonyl (C=O) groups excluding carboxylic acids is 1. The molecule has 3 heteroatoms. The Morgan fingerprint density at radius 2 is 1.65 bits per heavy atom. The molecule has 0 amide bonds. The maximum Gasteiger partial charge on any atom is 0.332 e. The van der Waals surface area contributed by atoms with Gasteiger partial charge in [0.05, 0.1) is 12.7 Å². The van der Waals surface area contributed by atoms with Crippen LogP contribution in [0.4, 0.5) is 0 Å². The van der Waals surface area contributed by atoms with Crippen molar-refractivity contribution in [2.45, 2.75) is 45.1 Å². The summed E-state index contributed by atoms with van der Waals surface area (Å²) in [7, 11) is 0. The van der Waals surface area contributed by atoms with Crippen LogP contribution in [0.1, 0.15) is 39.0 Å². The lowest BCUT2D eigenvalue weighted by Gasteiger charge is -2.53. The molecule has 0 N–H and O–H groups in total. The maximum atomic E-state index is 11.3. The predicted molar refractivity (Wildman–Crippen MR) is 63.4 cm³/mol. The average Bonchev–Trinajstić information content (AvgIpc) is 2.27. The molecular formula is C14H22O3. The number of ether oxygens (including phenoxy) is 2. The van der Waals surface area contributed by atoms with Crippen LogP contribution in [0.3, 0.4) is 0 Å². The van der Waals surface area contributed by atoms with E-state index in [1.807, 2.05) is 6.92 Å². The molecule has 0 heterocycles. The summed E-state index contributed by atoms with van der Waals surface area (Å²) >= 11 is 0. The number of esters is 1. The van der Waals surface area contributed by atoms with E-state index >= 15 is 0 Å². The first-order valence-electron chi connectivity index (χ1n) is 7.03. The van der Waals surface area contributed by atoms with E-state index in [9.17, 15) is 4.79 Å². The minimum atomic E-state index is -0.207. The molecule has 4 saturated carbocycles. The van der Waals surface area contributed by atoms with Crippen molar-refractivity contribution in [1.29, 1.82) is 0 Å². The second-order valence-electron chi connectivity index (χ2n) is 6.01. The molecule has 0 saturated heterocycles. The van der Waals surface area contributed by atoms with E-state index in [4.69, 9.17) is 9.47 Å². The van der Waals surface area contributed by atoms with E-state index in [-0.39, 0.29) is 12.6 Å². The minimum Gasteiger partial charge on any atom is -0.464 e. The summed E-state index contributed by atoms with van der Waals surface area (Å²) < 4.78 is 10.8. The monoisotopic (exact) mass is 238 g/mol. The third-order valence-corrected chi connectivity index (χ3v) is 4.84. The van der Waals surface area contributed by atoms with Crippen LogP contribution in [0.5, 0.6) is 0 Å². The molecule has 17 heavy (non-hydrogen) atoms. The Labute approximate surface area is 103 Å². The van der Waals surface area contributed by atoms with Gasteiger partial charge in [0, 0.05) is 0 Å². The highest BCUT2D eigenvalue weighted by Crippen LogP contribution is 2.54.